The summed E-state index contributed by atoms with van der Waals surface area (Å²) >= 11 is 2.46. The molecule has 0 radical (unpaired) electrons. The predicted octanol–water partition coefficient (Wildman–Crippen LogP) is 4.44. The average Bonchev–Trinajstić information content (AvgIpc) is 3.44. The molecule has 166 valence electrons. The topological polar surface area (TPSA) is 107 Å². The number of rotatable bonds is 10. The molecule has 0 bridgehead atoms. The molecule has 32 heavy (non-hydrogen) atoms. The molecule has 8 nitrogen and oxygen atoms in total. The quantitative estimate of drug-likeness (QED) is 0.332. The van der Waals surface area contributed by atoms with E-state index in [0.29, 0.717) is 17.4 Å². The fourth-order valence-corrected chi connectivity index (χ4v) is 4.28. The Kier molecular flexibility index (Phi) is 8.12. The highest BCUT2D eigenvalue weighted by Gasteiger charge is 2.21. The van der Waals surface area contributed by atoms with E-state index in [0.717, 1.165) is 10.4 Å². The molecule has 0 aliphatic rings. The van der Waals surface area contributed by atoms with Crippen molar-refractivity contribution in [2.75, 3.05) is 30.4 Å². The van der Waals surface area contributed by atoms with E-state index >= 15 is 0 Å². The SMILES string of the molecule is C=CCNc1nc(C(=O)OCC(=O)Nc2cc(-c3ccccc3)sc2C(=O)OCC)cs1. The first-order valence-electron chi connectivity index (χ1n) is 9.65. The molecule has 2 heterocycles. The maximum Gasteiger partial charge on any atom is 0.358 e. The molecule has 0 spiro atoms. The molecule has 0 unspecified atom stereocenters. The number of thiazole rings is 1. The van der Waals surface area contributed by atoms with Gasteiger partial charge >= 0.3 is 11.9 Å². The molecule has 2 aromatic heterocycles. The first-order valence-corrected chi connectivity index (χ1v) is 11.3. The third-order valence-electron chi connectivity index (χ3n) is 3.97. The standard InChI is InChI=1S/C22H21N3O5S2/c1-3-10-23-22-25-16(13-31-22)20(27)30-12-18(26)24-15-11-17(14-8-6-5-7-9-14)32-19(15)21(28)29-4-2/h3,5-9,11,13H,1,4,10,12H2,2H3,(H,23,25)(H,24,26). The van der Waals surface area contributed by atoms with Crippen molar-refractivity contribution in [3.05, 3.63) is 65.0 Å². The predicted molar refractivity (Wildman–Crippen MR) is 125 cm³/mol. The Morgan fingerprint density at radius 1 is 1.16 bits per heavy atom. The molecule has 10 heteroatoms. The number of nitrogens with one attached hydrogen (secondary N) is 2. The van der Waals surface area contributed by atoms with Crippen molar-refractivity contribution in [2.24, 2.45) is 0 Å². The molecule has 0 saturated carbocycles. The van der Waals surface area contributed by atoms with Gasteiger partial charge in [-0.2, -0.15) is 0 Å². The summed E-state index contributed by atoms with van der Waals surface area (Å²) in [7, 11) is 0. The lowest BCUT2D eigenvalue weighted by Crippen LogP contribution is -2.22. The Bertz CT molecular complexity index is 1110. The summed E-state index contributed by atoms with van der Waals surface area (Å²) in [5.74, 6) is -1.83. The summed E-state index contributed by atoms with van der Waals surface area (Å²) in [6, 6.07) is 11.2. The largest absolute Gasteiger partial charge is 0.462 e. The van der Waals surface area contributed by atoms with E-state index in [1.165, 1.54) is 28.1 Å². The molecular weight excluding hydrogens is 450 g/mol. The molecule has 2 N–H and O–H groups in total. The number of esters is 2. The van der Waals surface area contributed by atoms with Crippen molar-refractivity contribution >= 4 is 51.3 Å². The second-order valence-corrected chi connectivity index (χ2v) is 8.18. The van der Waals surface area contributed by atoms with Crippen molar-refractivity contribution in [3.8, 4) is 10.4 Å². The molecular formula is C22H21N3O5S2. The Balaban J connectivity index is 1.66. The Hall–Kier alpha value is -3.50. The average molecular weight is 472 g/mol. The minimum Gasteiger partial charge on any atom is -0.462 e. The van der Waals surface area contributed by atoms with Crippen LogP contribution in [0.2, 0.25) is 0 Å². The van der Waals surface area contributed by atoms with Crippen LogP contribution in [0.5, 0.6) is 0 Å². The van der Waals surface area contributed by atoms with Gasteiger partial charge in [0.25, 0.3) is 5.91 Å². The normalized spacial score (nSPS) is 10.3. The van der Waals surface area contributed by atoms with Crippen molar-refractivity contribution in [3.63, 3.8) is 0 Å². The Morgan fingerprint density at radius 2 is 1.94 bits per heavy atom. The van der Waals surface area contributed by atoms with Gasteiger partial charge in [-0.15, -0.1) is 29.3 Å². The van der Waals surface area contributed by atoms with Crippen molar-refractivity contribution in [1.82, 2.24) is 4.98 Å². The van der Waals surface area contributed by atoms with E-state index in [9.17, 15) is 14.4 Å². The van der Waals surface area contributed by atoms with Crippen LogP contribution in [0.4, 0.5) is 10.8 Å². The van der Waals surface area contributed by atoms with Gasteiger partial charge in [-0.05, 0) is 18.6 Å². The van der Waals surface area contributed by atoms with Crippen LogP contribution in [-0.2, 0) is 14.3 Å². The fourth-order valence-electron chi connectivity index (χ4n) is 2.58. The number of ether oxygens (including phenoxy) is 2. The van der Waals surface area contributed by atoms with Crippen molar-refractivity contribution in [2.45, 2.75) is 6.92 Å². The van der Waals surface area contributed by atoms with Gasteiger partial charge in [0, 0.05) is 16.8 Å². The van der Waals surface area contributed by atoms with E-state index in [1.54, 1.807) is 19.1 Å². The number of benzene rings is 1. The van der Waals surface area contributed by atoms with Gasteiger partial charge in [-0.3, -0.25) is 4.79 Å². The summed E-state index contributed by atoms with van der Waals surface area (Å²) in [5.41, 5.74) is 1.31. The van der Waals surface area contributed by atoms with Crippen LogP contribution in [0.3, 0.4) is 0 Å². The smallest absolute Gasteiger partial charge is 0.358 e. The lowest BCUT2D eigenvalue weighted by atomic mass is 10.2. The maximum absolute atomic E-state index is 12.4. The van der Waals surface area contributed by atoms with Crippen LogP contribution in [0.15, 0.2) is 54.4 Å². The highest BCUT2D eigenvalue weighted by atomic mass is 32.1. The van der Waals surface area contributed by atoms with Gasteiger partial charge in [0.1, 0.15) is 4.88 Å². The van der Waals surface area contributed by atoms with Gasteiger partial charge in [-0.25, -0.2) is 14.6 Å². The van der Waals surface area contributed by atoms with Gasteiger partial charge < -0.3 is 20.1 Å². The number of nitrogens with zero attached hydrogens (tertiary/aromatic N) is 1. The summed E-state index contributed by atoms with van der Waals surface area (Å²) in [4.78, 5) is 42.1. The second-order valence-electron chi connectivity index (χ2n) is 6.27. The van der Waals surface area contributed by atoms with Gasteiger partial charge in [0.15, 0.2) is 17.4 Å². The highest BCUT2D eigenvalue weighted by molar-refractivity contribution is 7.18. The number of hydrogen-bond acceptors (Lipinski definition) is 9. The highest BCUT2D eigenvalue weighted by Crippen LogP contribution is 2.35. The van der Waals surface area contributed by atoms with E-state index in [1.807, 2.05) is 30.3 Å². The number of hydrogen-bond donors (Lipinski definition) is 2. The number of carbonyl (C=O) groups excluding carboxylic acids is 3. The molecule has 3 rings (SSSR count). The molecule has 3 aromatic rings. The third-order valence-corrected chi connectivity index (χ3v) is 5.93. The van der Waals surface area contributed by atoms with E-state index in [2.05, 4.69) is 22.2 Å². The van der Waals surface area contributed by atoms with E-state index in [4.69, 9.17) is 9.47 Å². The molecule has 0 aliphatic heterocycles. The maximum atomic E-state index is 12.4. The molecule has 0 saturated heterocycles. The third kappa shape index (κ3) is 6.02. The van der Waals surface area contributed by atoms with Crippen LogP contribution in [0.1, 0.15) is 27.1 Å². The monoisotopic (exact) mass is 471 g/mol. The zero-order chi connectivity index (χ0) is 22.9. The molecule has 1 aromatic carbocycles. The minimum absolute atomic E-state index is 0.100. The van der Waals surface area contributed by atoms with Crippen molar-refractivity contribution < 1.29 is 23.9 Å². The number of anilines is 2. The number of thiophene rings is 1. The lowest BCUT2D eigenvalue weighted by molar-refractivity contribution is -0.119. The van der Waals surface area contributed by atoms with Crippen LogP contribution in [0, 0.1) is 0 Å². The zero-order valence-electron chi connectivity index (χ0n) is 17.3. The van der Waals surface area contributed by atoms with E-state index < -0.39 is 24.5 Å². The molecule has 0 atom stereocenters. The van der Waals surface area contributed by atoms with Gasteiger partial charge in [0.05, 0.1) is 12.3 Å². The summed E-state index contributed by atoms with van der Waals surface area (Å²) in [5, 5.41) is 7.69. The Labute approximate surface area is 192 Å². The zero-order valence-corrected chi connectivity index (χ0v) is 18.9. The lowest BCUT2D eigenvalue weighted by Gasteiger charge is -2.06. The van der Waals surface area contributed by atoms with Crippen LogP contribution >= 0.6 is 22.7 Å². The van der Waals surface area contributed by atoms with Crippen LogP contribution < -0.4 is 10.6 Å². The van der Waals surface area contributed by atoms with Gasteiger partial charge in [0.2, 0.25) is 0 Å². The first-order chi connectivity index (χ1) is 15.5. The minimum atomic E-state index is -0.719. The molecule has 1 amide bonds. The molecule has 0 fully saturated rings. The number of carbonyl (C=O) groups is 3. The molecule has 0 aliphatic carbocycles. The number of amides is 1. The fraction of sp³-hybridized carbons (Fsp3) is 0.182. The summed E-state index contributed by atoms with van der Waals surface area (Å²) in [6.45, 7) is 5.50. The van der Waals surface area contributed by atoms with Crippen LogP contribution in [-0.4, -0.2) is 42.6 Å². The first kappa shape index (κ1) is 23.2. The summed E-state index contributed by atoms with van der Waals surface area (Å²) in [6.07, 6.45) is 1.67. The summed E-state index contributed by atoms with van der Waals surface area (Å²) < 4.78 is 10.2. The van der Waals surface area contributed by atoms with Crippen LogP contribution in [0.25, 0.3) is 10.4 Å². The van der Waals surface area contributed by atoms with Crippen molar-refractivity contribution in [1.29, 1.82) is 0 Å². The van der Waals surface area contributed by atoms with E-state index in [-0.39, 0.29) is 17.2 Å². The second kappa shape index (κ2) is 11.2. The number of aromatic nitrogens is 1. The van der Waals surface area contributed by atoms with Gasteiger partial charge in [-0.1, -0.05) is 36.4 Å². The Morgan fingerprint density at radius 3 is 2.66 bits per heavy atom.